The summed E-state index contributed by atoms with van der Waals surface area (Å²) in [5.74, 6) is 0.224. The number of ketones is 1. The molecule has 2 heterocycles. The molecule has 0 spiro atoms. The number of carbonyl (C=O) groups excluding carboxylic acids is 1. The predicted octanol–water partition coefficient (Wildman–Crippen LogP) is 2.39. The average molecular weight is 267 g/mol. The third-order valence-corrected chi connectivity index (χ3v) is 4.57. The van der Waals surface area contributed by atoms with Crippen molar-refractivity contribution in [2.45, 2.75) is 32.8 Å². The van der Waals surface area contributed by atoms with E-state index in [0.29, 0.717) is 26.2 Å². The van der Waals surface area contributed by atoms with Crippen LogP contribution in [0.25, 0.3) is 0 Å². The molecule has 0 bridgehead atoms. The largest absolute Gasteiger partial charge is 0.376 e. The topological polar surface area (TPSA) is 48.4 Å². The average Bonchev–Trinajstić information content (AvgIpc) is 2.72. The minimum absolute atomic E-state index is 0.0271. The summed E-state index contributed by atoms with van der Waals surface area (Å²) in [6.45, 7) is 6.03. The van der Waals surface area contributed by atoms with E-state index < -0.39 is 0 Å². The summed E-state index contributed by atoms with van der Waals surface area (Å²) >= 11 is 1.49. The quantitative estimate of drug-likeness (QED) is 0.784. The highest BCUT2D eigenvalue weighted by Gasteiger charge is 2.35. The van der Waals surface area contributed by atoms with Gasteiger partial charge in [-0.3, -0.25) is 4.79 Å². The van der Waals surface area contributed by atoms with E-state index in [9.17, 15) is 4.79 Å². The summed E-state index contributed by atoms with van der Waals surface area (Å²) < 4.78 is 11.0. The van der Waals surface area contributed by atoms with E-state index in [1.807, 2.05) is 0 Å². The first kappa shape index (κ1) is 12.3. The van der Waals surface area contributed by atoms with Crippen LogP contribution in [-0.2, 0) is 15.9 Å². The second kappa shape index (κ2) is 4.40. The molecule has 0 N–H and O–H groups in total. The van der Waals surface area contributed by atoms with Crippen LogP contribution in [0.5, 0.6) is 0 Å². The van der Waals surface area contributed by atoms with Crippen LogP contribution in [0.2, 0.25) is 0 Å². The molecule has 0 amide bonds. The van der Waals surface area contributed by atoms with Gasteiger partial charge in [-0.15, -0.1) is 11.3 Å². The van der Waals surface area contributed by atoms with E-state index in [0.717, 1.165) is 22.0 Å². The summed E-state index contributed by atoms with van der Waals surface area (Å²) in [6, 6.07) is 0. The van der Waals surface area contributed by atoms with Gasteiger partial charge < -0.3 is 9.47 Å². The minimum Gasteiger partial charge on any atom is -0.376 e. The van der Waals surface area contributed by atoms with Crippen molar-refractivity contribution in [2.24, 2.45) is 5.41 Å². The Balaban J connectivity index is 1.90. The van der Waals surface area contributed by atoms with Gasteiger partial charge in [0.1, 0.15) is 11.1 Å². The lowest BCUT2D eigenvalue weighted by molar-refractivity contribution is -0.0902. The van der Waals surface area contributed by atoms with Gasteiger partial charge in [0.25, 0.3) is 0 Å². The Labute approximate surface area is 110 Å². The van der Waals surface area contributed by atoms with Crippen LogP contribution < -0.4 is 0 Å². The molecule has 0 saturated carbocycles. The zero-order valence-electron chi connectivity index (χ0n) is 10.7. The van der Waals surface area contributed by atoms with E-state index in [1.54, 1.807) is 0 Å². The zero-order chi connectivity index (χ0) is 12.8. The number of Topliss-reactive ketones (excluding diaryl/α,β-unsaturated/α-hetero) is 1. The second-order valence-electron chi connectivity index (χ2n) is 5.70. The van der Waals surface area contributed by atoms with Crippen LogP contribution in [-0.4, -0.2) is 30.6 Å². The predicted molar refractivity (Wildman–Crippen MR) is 68.1 cm³/mol. The molecule has 1 unspecified atom stereocenters. The van der Waals surface area contributed by atoms with Crippen molar-refractivity contribution in [1.29, 1.82) is 0 Å². The molecule has 1 fully saturated rings. The molecule has 1 saturated heterocycles. The molecule has 1 atom stereocenters. The van der Waals surface area contributed by atoms with Crippen LogP contribution in [0.1, 0.15) is 46.7 Å². The van der Waals surface area contributed by atoms with Crippen molar-refractivity contribution in [1.82, 2.24) is 4.98 Å². The van der Waals surface area contributed by atoms with Crippen LogP contribution in [0.15, 0.2) is 0 Å². The summed E-state index contributed by atoms with van der Waals surface area (Å²) in [4.78, 5) is 17.5. The molecule has 1 aromatic rings. The maximum atomic E-state index is 12.1. The van der Waals surface area contributed by atoms with Crippen LogP contribution in [0, 0.1) is 5.41 Å². The molecular formula is C13H17NO3S. The highest BCUT2D eigenvalue weighted by atomic mass is 32.1. The number of hydrogen-bond acceptors (Lipinski definition) is 5. The van der Waals surface area contributed by atoms with Gasteiger partial charge >= 0.3 is 0 Å². The van der Waals surface area contributed by atoms with Crippen LogP contribution >= 0.6 is 11.3 Å². The van der Waals surface area contributed by atoms with E-state index in [2.05, 4.69) is 18.8 Å². The van der Waals surface area contributed by atoms with Gasteiger partial charge in [0.15, 0.2) is 5.78 Å². The zero-order valence-corrected chi connectivity index (χ0v) is 11.5. The number of ether oxygens (including phenoxy) is 2. The third-order valence-electron chi connectivity index (χ3n) is 3.34. The Morgan fingerprint density at radius 1 is 1.33 bits per heavy atom. The van der Waals surface area contributed by atoms with Gasteiger partial charge in [-0.25, -0.2) is 4.98 Å². The van der Waals surface area contributed by atoms with Gasteiger partial charge in [-0.05, 0) is 11.8 Å². The molecule has 3 rings (SSSR count). The fourth-order valence-corrected chi connectivity index (χ4v) is 3.56. The van der Waals surface area contributed by atoms with Crippen molar-refractivity contribution in [2.75, 3.05) is 19.8 Å². The fourth-order valence-electron chi connectivity index (χ4n) is 2.51. The van der Waals surface area contributed by atoms with E-state index in [-0.39, 0.29) is 17.3 Å². The molecule has 0 aromatic carbocycles. The van der Waals surface area contributed by atoms with Crippen molar-refractivity contribution in [3.05, 3.63) is 15.6 Å². The van der Waals surface area contributed by atoms with Gasteiger partial charge in [-0.2, -0.15) is 0 Å². The lowest BCUT2D eigenvalue weighted by atomic mass is 9.78. The summed E-state index contributed by atoms with van der Waals surface area (Å²) in [5.41, 5.74) is 0.977. The number of hydrogen-bond donors (Lipinski definition) is 0. The van der Waals surface area contributed by atoms with Crippen LogP contribution in [0.4, 0.5) is 0 Å². The smallest absolute Gasteiger partial charge is 0.175 e. The number of carbonyl (C=O) groups is 1. The normalized spacial score (nSPS) is 27.0. The second-order valence-corrected chi connectivity index (χ2v) is 6.73. The maximum Gasteiger partial charge on any atom is 0.175 e. The molecule has 1 aromatic heterocycles. The Hall–Kier alpha value is -0.780. The summed E-state index contributed by atoms with van der Waals surface area (Å²) in [5, 5.41) is 0.894. The molecule has 1 aliphatic carbocycles. The Morgan fingerprint density at radius 3 is 2.89 bits per heavy atom. The molecule has 2 aliphatic rings. The van der Waals surface area contributed by atoms with Crippen molar-refractivity contribution in [3.63, 3.8) is 0 Å². The Bertz CT molecular complexity index is 475. The standard InChI is InChI=1S/C13H17NO3S/c1-13(2)5-8-11(9(15)6-13)18-12(14-8)10-7-16-3-4-17-10/h10H,3-7H2,1-2H3. The highest BCUT2D eigenvalue weighted by molar-refractivity contribution is 7.14. The molecular weight excluding hydrogens is 250 g/mol. The van der Waals surface area contributed by atoms with E-state index >= 15 is 0 Å². The Kier molecular flexibility index (Phi) is 3.00. The van der Waals surface area contributed by atoms with Crippen LogP contribution in [0.3, 0.4) is 0 Å². The fraction of sp³-hybridized carbons (Fsp3) is 0.692. The van der Waals surface area contributed by atoms with Crippen molar-refractivity contribution >= 4 is 17.1 Å². The number of aromatic nitrogens is 1. The summed E-state index contributed by atoms with van der Waals surface area (Å²) in [6.07, 6.45) is 1.40. The molecule has 1 aliphatic heterocycles. The third kappa shape index (κ3) is 2.22. The molecule has 98 valence electrons. The number of fused-ring (bicyclic) bond motifs is 1. The number of rotatable bonds is 1. The number of nitrogens with zero attached hydrogens (tertiary/aromatic N) is 1. The molecule has 5 heteroatoms. The van der Waals surface area contributed by atoms with E-state index in [4.69, 9.17) is 9.47 Å². The van der Waals surface area contributed by atoms with Gasteiger partial charge in [0, 0.05) is 6.42 Å². The number of thiazole rings is 1. The molecule has 4 nitrogen and oxygen atoms in total. The van der Waals surface area contributed by atoms with Crippen molar-refractivity contribution in [3.8, 4) is 0 Å². The lowest BCUT2D eigenvalue weighted by Gasteiger charge is -2.26. The lowest BCUT2D eigenvalue weighted by Crippen LogP contribution is -2.26. The first-order valence-corrected chi connectivity index (χ1v) is 7.09. The molecule has 0 radical (unpaired) electrons. The SMILES string of the molecule is CC1(C)CC(=O)c2sc(C3COCCO3)nc2C1. The van der Waals surface area contributed by atoms with Gasteiger partial charge in [0.05, 0.1) is 30.4 Å². The van der Waals surface area contributed by atoms with Gasteiger partial charge in [-0.1, -0.05) is 13.8 Å². The minimum atomic E-state index is -0.0923. The first-order chi connectivity index (χ1) is 8.55. The Morgan fingerprint density at radius 2 is 2.17 bits per heavy atom. The first-order valence-electron chi connectivity index (χ1n) is 6.27. The van der Waals surface area contributed by atoms with Crippen molar-refractivity contribution < 1.29 is 14.3 Å². The molecule has 18 heavy (non-hydrogen) atoms. The van der Waals surface area contributed by atoms with E-state index in [1.165, 1.54) is 11.3 Å². The summed E-state index contributed by atoms with van der Waals surface area (Å²) in [7, 11) is 0. The maximum absolute atomic E-state index is 12.1. The van der Waals surface area contributed by atoms with Gasteiger partial charge in [0.2, 0.25) is 0 Å². The highest BCUT2D eigenvalue weighted by Crippen LogP contribution is 2.38. The monoisotopic (exact) mass is 267 g/mol.